The molecule has 0 aliphatic rings. The van der Waals surface area contributed by atoms with Gasteiger partial charge in [0.05, 0.1) is 6.42 Å². The fourth-order valence-corrected chi connectivity index (χ4v) is 1.65. The highest BCUT2D eigenvalue weighted by Gasteiger charge is 2.23. The summed E-state index contributed by atoms with van der Waals surface area (Å²) in [5.41, 5.74) is -0.728. The lowest BCUT2D eigenvalue weighted by atomic mass is 10.0. The Morgan fingerprint density at radius 3 is 2.33 bits per heavy atom. The van der Waals surface area contributed by atoms with Gasteiger partial charge < -0.3 is 15.7 Å². The molecule has 2 amide bonds. The second-order valence-corrected chi connectivity index (χ2v) is 5.72. The number of rotatable bonds is 8. The van der Waals surface area contributed by atoms with Gasteiger partial charge in [-0.25, -0.2) is 4.79 Å². The van der Waals surface area contributed by atoms with Crippen molar-refractivity contribution in [1.82, 2.24) is 10.6 Å². The SMILES string of the molecule is CC(C)CCCCNC(=O)NC(C)(C)CC(=O)O. The number of hydrogen-bond acceptors (Lipinski definition) is 2. The van der Waals surface area contributed by atoms with Gasteiger partial charge in [0.2, 0.25) is 0 Å². The van der Waals surface area contributed by atoms with Crippen molar-refractivity contribution < 1.29 is 14.7 Å². The minimum absolute atomic E-state index is 0.0895. The third-order valence-corrected chi connectivity index (χ3v) is 2.54. The average molecular weight is 258 g/mol. The van der Waals surface area contributed by atoms with Crippen LogP contribution in [0.1, 0.15) is 53.4 Å². The molecule has 0 bridgehead atoms. The molecule has 5 heteroatoms. The molecule has 5 nitrogen and oxygen atoms in total. The van der Waals surface area contributed by atoms with Gasteiger partial charge in [0.15, 0.2) is 0 Å². The van der Waals surface area contributed by atoms with Crippen molar-refractivity contribution in [3.63, 3.8) is 0 Å². The average Bonchev–Trinajstić information content (AvgIpc) is 2.13. The van der Waals surface area contributed by atoms with E-state index in [9.17, 15) is 9.59 Å². The second kappa shape index (κ2) is 7.95. The summed E-state index contributed by atoms with van der Waals surface area (Å²) in [6.07, 6.45) is 3.11. The van der Waals surface area contributed by atoms with E-state index in [0.717, 1.165) is 19.3 Å². The Morgan fingerprint density at radius 1 is 1.22 bits per heavy atom. The standard InChI is InChI=1S/C13H26N2O3/c1-10(2)7-5-6-8-14-12(18)15-13(3,4)9-11(16)17/h10H,5-9H2,1-4H3,(H,16,17)(H2,14,15,18). The van der Waals surface area contributed by atoms with Crippen LogP contribution in [-0.4, -0.2) is 29.2 Å². The van der Waals surface area contributed by atoms with E-state index < -0.39 is 11.5 Å². The van der Waals surface area contributed by atoms with E-state index in [-0.39, 0.29) is 12.5 Å². The topological polar surface area (TPSA) is 78.4 Å². The van der Waals surface area contributed by atoms with E-state index in [4.69, 9.17) is 5.11 Å². The molecule has 0 aliphatic carbocycles. The molecule has 0 aromatic heterocycles. The zero-order valence-corrected chi connectivity index (χ0v) is 11.9. The van der Waals surface area contributed by atoms with Crippen LogP contribution in [0.3, 0.4) is 0 Å². The van der Waals surface area contributed by atoms with Crippen LogP contribution in [-0.2, 0) is 4.79 Å². The van der Waals surface area contributed by atoms with Crippen molar-refractivity contribution in [2.24, 2.45) is 5.92 Å². The normalized spacial score (nSPS) is 11.4. The predicted molar refractivity (Wildman–Crippen MR) is 71.6 cm³/mol. The number of carbonyl (C=O) groups excluding carboxylic acids is 1. The van der Waals surface area contributed by atoms with Gasteiger partial charge >= 0.3 is 12.0 Å². The Morgan fingerprint density at radius 2 is 1.83 bits per heavy atom. The maximum absolute atomic E-state index is 11.5. The van der Waals surface area contributed by atoms with E-state index in [2.05, 4.69) is 24.5 Å². The lowest BCUT2D eigenvalue weighted by Gasteiger charge is -2.24. The molecule has 106 valence electrons. The molecule has 0 spiro atoms. The smallest absolute Gasteiger partial charge is 0.315 e. The number of carbonyl (C=O) groups is 2. The van der Waals surface area contributed by atoms with Crippen LogP contribution in [0.5, 0.6) is 0 Å². The Bertz CT molecular complexity index is 275. The highest BCUT2D eigenvalue weighted by molar-refractivity contribution is 5.76. The van der Waals surface area contributed by atoms with Crippen molar-refractivity contribution in [1.29, 1.82) is 0 Å². The molecule has 18 heavy (non-hydrogen) atoms. The van der Waals surface area contributed by atoms with E-state index in [0.29, 0.717) is 12.5 Å². The summed E-state index contributed by atoms with van der Waals surface area (Å²) in [5, 5.41) is 14.1. The largest absolute Gasteiger partial charge is 0.481 e. The summed E-state index contributed by atoms with van der Waals surface area (Å²) in [5.74, 6) is -0.231. The summed E-state index contributed by atoms with van der Waals surface area (Å²) in [4.78, 5) is 22.1. The fourth-order valence-electron chi connectivity index (χ4n) is 1.65. The van der Waals surface area contributed by atoms with Crippen LogP contribution < -0.4 is 10.6 Å². The quantitative estimate of drug-likeness (QED) is 0.585. The number of urea groups is 1. The highest BCUT2D eigenvalue weighted by Crippen LogP contribution is 2.08. The summed E-state index contributed by atoms with van der Waals surface area (Å²) < 4.78 is 0. The van der Waals surface area contributed by atoms with Gasteiger partial charge in [-0.15, -0.1) is 0 Å². The molecule has 0 saturated carbocycles. The second-order valence-electron chi connectivity index (χ2n) is 5.72. The Kier molecular flexibility index (Phi) is 7.39. The molecule has 0 aromatic rings. The van der Waals surface area contributed by atoms with Gasteiger partial charge in [0.25, 0.3) is 0 Å². The molecular weight excluding hydrogens is 232 g/mol. The first kappa shape index (κ1) is 16.7. The number of unbranched alkanes of at least 4 members (excludes halogenated alkanes) is 1. The maximum atomic E-state index is 11.5. The molecule has 3 N–H and O–H groups in total. The molecule has 0 fully saturated rings. The molecule has 0 unspecified atom stereocenters. The first-order valence-electron chi connectivity index (χ1n) is 6.51. The first-order chi connectivity index (χ1) is 8.23. The third kappa shape index (κ3) is 9.93. The van der Waals surface area contributed by atoms with Crippen molar-refractivity contribution in [2.45, 2.75) is 58.9 Å². The van der Waals surface area contributed by atoms with Crippen LogP contribution in [0.15, 0.2) is 0 Å². The van der Waals surface area contributed by atoms with E-state index in [1.165, 1.54) is 0 Å². The monoisotopic (exact) mass is 258 g/mol. The first-order valence-corrected chi connectivity index (χ1v) is 6.51. The van der Waals surface area contributed by atoms with E-state index >= 15 is 0 Å². The Balaban J connectivity index is 3.74. The predicted octanol–water partition coefficient (Wildman–Crippen LogP) is 2.37. The van der Waals surface area contributed by atoms with Gasteiger partial charge in [0.1, 0.15) is 0 Å². The lowest BCUT2D eigenvalue weighted by molar-refractivity contribution is -0.138. The van der Waals surface area contributed by atoms with Gasteiger partial charge in [-0.1, -0.05) is 26.7 Å². The molecule has 0 radical (unpaired) electrons. The summed E-state index contributed by atoms with van der Waals surface area (Å²) in [6.45, 7) is 8.36. The summed E-state index contributed by atoms with van der Waals surface area (Å²) in [6, 6.07) is -0.300. The van der Waals surface area contributed by atoms with Crippen molar-refractivity contribution in [2.75, 3.05) is 6.54 Å². The van der Waals surface area contributed by atoms with Crippen LogP contribution in [0.2, 0.25) is 0 Å². The molecule has 0 rings (SSSR count). The molecule has 0 aromatic carbocycles. The van der Waals surface area contributed by atoms with Gasteiger partial charge in [-0.2, -0.15) is 0 Å². The van der Waals surface area contributed by atoms with Crippen molar-refractivity contribution in [3.05, 3.63) is 0 Å². The Labute approximate surface area is 109 Å². The zero-order chi connectivity index (χ0) is 14.2. The van der Waals surface area contributed by atoms with Crippen LogP contribution in [0.25, 0.3) is 0 Å². The summed E-state index contributed by atoms with van der Waals surface area (Å²) in [7, 11) is 0. The van der Waals surface area contributed by atoms with E-state index in [1.807, 2.05) is 0 Å². The van der Waals surface area contributed by atoms with Gasteiger partial charge in [-0.05, 0) is 26.2 Å². The fraction of sp³-hybridized carbons (Fsp3) is 0.846. The van der Waals surface area contributed by atoms with E-state index in [1.54, 1.807) is 13.8 Å². The lowest BCUT2D eigenvalue weighted by Crippen LogP contribution is -2.49. The van der Waals surface area contributed by atoms with Crippen LogP contribution in [0.4, 0.5) is 4.79 Å². The highest BCUT2D eigenvalue weighted by atomic mass is 16.4. The molecule has 0 aliphatic heterocycles. The van der Waals surface area contributed by atoms with Crippen molar-refractivity contribution >= 4 is 12.0 Å². The number of carboxylic acid groups (broad SMARTS) is 1. The number of amides is 2. The molecule has 0 heterocycles. The van der Waals surface area contributed by atoms with Gasteiger partial charge in [-0.3, -0.25) is 4.79 Å². The molecular formula is C13H26N2O3. The zero-order valence-electron chi connectivity index (χ0n) is 11.9. The number of hydrogen-bond donors (Lipinski definition) is 3. The molecule has 0 atom stereocenters. The van der Waals surface area contributed by atoms with Gasteiger partial charge in [0, 0.05) is 12.1 Å². The summed E-state index contributed by atoms with van der Waals surface area (Å²) >= 11 is 0. The van der Waals surface area contributed by atoms with Crippen LogP contribution in [0, 0.1) is 5.92 Å². The number of nitrogens with one attached hydrogen (secondary N) is 2. The number of aliphatic carboxylic acids is 1. The third-order valence-electron chi connectivity index (χ3n) is 2.54. The maximum Gasteiger partial charge on any atom is 0.315 e. The molecule has 0 saturated heterocycles. The van der Waals surface area contributed by atoms with Crippen LogP contribution >= 0.6 is 0 Å². The Hall–Kier alpha value is -1.26. The minimum atomic E-state index is -0.919. The minimum Gasteiger partial charge on any atom is -0.481 e. The number of carboxylic acids is 1. The van der Waals surface area contributed by atoms with Crippen molar-refractivity contribution in [3.8, 4) is 0 Å².